The Labute approximate surface area is 116 Å². The molecular formula is C13H21N3O4. The number of nitrogens with two attached hydrogens (primary N) is 3. The van der Waals surface area contributed by atoms with Crippen LogP contribution in [-0.4, -0.2) is 41.3 Å². The van der Waals surface area contributed by atoms with Gasteiger partial charge < -0.3 is 14.6 Å². The Morgan fingerprint density at radius 2 is 2.00 bits per heavy atom. The highest BCUT2D eigenvalue weighted by atomic mass is 16.6. The molecule has 7 heteroatoms. The normalized spacial score (nSPS) is 50.6. The summed E-state index contributed by atoms with van der Waals surface area (Å²) < 4.78 is 10.8. The maximum Gasteiger partial charge on any atom is 0.356 e. The van der Waals surface area contributed by atoms with Crippen molar-refractivity contribution >= 4 is 5.97 Å². The van der Waals surface area contributed by atoms with Crippen molar-refractivity contribution < 1.29 is 19.4 Å². The van der Waals surface area contributed by atoms with Crippen LogP contribution < -0.4 is 17.2 Å². The number of carbonyl (C=O) groups is 1. The predicted molar refractivity (Wildman–Crippen MR) is 67.8 cm³/mol. The number of aliphatic hydroxyl groups is 1. The first-order valence-electron chi connectivity index (χ1n) is 7.13. The largest absolute Gasteiger partial charge is 0.460 e. The molecule has 4 aliphatic rings. The molecule has 20 heavy (non-hydrogen) atoms. The van der Waals surface area contributed by atoms with Gasteiger partial charge in [-0.3, -0.25) is 17.2 Å². The molecule has 0 aromatic carbocycles. The highest BCUT2D eigenvalue weighted by Gasteiger charge is 2.91. The minimum absolute atomic E-state index is 0.0801. The zero-order chi connectivity index (χ0) is 14.4. The highest BCUT2D eigenvalue weighted by molar-refractivity contribution is 5.78. The molecule has 0 aromatic heterocycles. The minimum atomic E-state index is -1.96. The molecule has 0 heterocycles. The summed E-state index contributed by atoms with van der Waals surface area (Å²) in [6.07, 6.45) is 3.84. The van der Waals surface area contributed by atoms with Crippen LogP contribution in [0.3, 0.4) is 0 Å². The summed E-state index contributed by atoms with van der Waals surface area (Å²) in [5.41, 5.74) is 15.1. The van der Waals surface area contributed by atoms with Crippen LogP contribution in [0.2, 0.25) is 0 Å². The first-order valence-corrected chi connectivity index (χ1v) is 7.13. The van der Waals surface area contributed by atoms with E-state index in [-0.39, 0.29) is 24.2 Å². The zero-order valence-electron chi connectivity index (χ0n) is 11.3. The summed E-state index contributed by atoms with van der Waals surface area (Å²) in [7, 11) is 0. The molecule has 5 unspecified atom stereocenters. The molecule has 0 aliphatic heterocycles. The molecule has 4 rings (SSSR count). The van der Waals surface area contributed by atoms with Gasteiger partial charge in [0.2, 0.25) is 5.79 Å². The van der Waals surface area contributed by atoms with Crippen molar-refractivity contribution in [1.82, 2.24) is 0 Å². The average Bonchev–Trinajstić information content (AvgIpc) is 2.85. The van der Waals surface area contributed by atoms with Crippen molar-refractivity contribution in [3.63, 3.8) is 0 Å². The lowest BCUT2D eigenvalue weighted by Gasteiger charge is -2.62. The maximum absolute atomic E-state index is 11.3. The van der Waals surface area contributed by atoms with Crippen LogP contribution in [0.1, 0.15) is 25.7 Å². The van der Waals surface area contributed by atoms with Crippen molar-refractivity contribution in [3.8, 4) is 0 Å². The molecule has 5 atom stereocenters. The molecule has 7 N–H and O–H groups in total. The number of rotatable bonds is 5. The van der Waals surface area contributed by atoms with Gasteiger partial charge in [0.25, 0.3) is 0 Å². The van der Waals surface area contributed by atoms with E-state index >= 15 is 0 Å². The van der Waals surface area contributed by atoms with Gasteiger partial charge in [-0.2, -0.15) is 0 Å². The minimum Gasteiger partial charge on any atom is -0.460 e. The standard InChI is InChI=1S/C13H21N3O4/c14-13(15,16)9(17)19-1-2-20-11-4-7-3-10(8(7)11)5-12(10,18)6-11/h7-8,18H,1-6,14-16H2. The number of carbonyl (C=O) groups excluding carboxylic acids is 1. The van der Waals surface area contributed by atoms with E-state index in [1.54, 1.807) is 0 Å². The van der Waals surface area contributed by atoms with Crippen molar-refractivity contribution in [2.75, 3.05) is 13.2 Å². The molecular weight excluding hydrogens is 262 g/mol. The van der Waals surface area contributed by atoms with Crippen LogP contribution in [0.25, 0.3) is 0 Å². The molecule has 0 bridgehead atoms. The molecule has 4 saturated carbocycles. The SMILES string of the molecule is NC(N)(N)C(=O)OCCOC12CC3CC4(CC4(O)C1)C32. The van der Waals surface area contributed by atoms with E-state index in [1.165, 1.54) is 0 Å². The van der Waals surface area contributed by atoms with Gasteiger partial charge in [0.1, 0.15) is 6.61 Å². The fourth-order valence-corrected chi connectivity index (χ4v) is 5.30. The molecule has 0 amide bonds. The van der Waals surface area contributed by atoms with Crippen molar-refractivity contribution in [1.29, 1.82) is 0 Å². The third-order valence-corrected chi connectivity index (χ3v) is 5.93. The summed E-state index contributed by atoms with van der Waals surface area (Å²) in [5.74, 6) is -1.58. The quantitative estimate of drug-likeness (QED) is 0.270. The van der Waals surface area contributed by atoms with Crippen molar-refractivity contribution in [2.24, 2.45) is 34.5 Å². The van der Waals surface area contributed by atoms with Gasteiger partial charge in [-0.1, -0.05) is 0 Å². The van der Waals surface area contributed by atoms with Crippen LogP contribution in [0.5, 0.6) is 0 Å². The second-order valence-corrected chi connectivity index (χ2v) is 7.17. The molecule has 0 aromatic rings. The molecule has 7 nitrogen and oxygen atoms in total. The Hall–Kier alpha value is -0.730. The average molecular weight is 283 g/mol. The zero-order valence-corrected chi connectivity index (χ0v) is 11.3. The Kier molecular flexibility index (Phi) is 2.18. The van der Waals surface area contributed by atoms with Gasteiger partial charge in [0.15, 0.2) is 0 Å². The van der Waals surface area contributed by atoms with Crippen LogP contribution in [-0.2, 0) is 14.3 Å². The molecule has 0 radical (unpaired) electrons. The lowest BCUT2D eigenvalue weighted by molar-refractivity contribution is -0.237. The number of hydrogen-bond donors (Lipinski definition) is 4. The van der Waals surface area contributed by atoms with E-state index in [9.17, 15) is 9.90 Å². The van der Waals surface area contributed by atoms with E-state index in [4.69, 9.17) is 26.7 Å². The van der Waals surface area contributed by atoms with Gasteiger partial charge >= 0.3 is 5.97 Å². The maximum atomic E-state index is 11.3. The molecule has 112 valence electrons. The van der Waals surface area contributed by atoms with Crippen molar-refractivity contribution in [3.05, 3.63) is 0 Å². The van der Waals surface area contributed by atoms with Gasteiger partial charge in [-0.05, 0) is 31.1 Å². The third kappa shape index (κ3) is 1.35. The van der Waals surface area contributed by atoms with Crippen LogP contribution >= 0.6 is 0 Å². The van der Waals surface area contributed by atoms with Crippen LogP contribution in [0, 0.1) is 17.3 Å². The summed E-state index contributed by atoms with van der Waals surface area (Å²) in [6, 6.07) is 0. The second-order valence-electron chi connectivity index (χ2n) is 7.17. The summed E-state index contributed by atoms with van der Waals surface area (Å²) in [6.45, 7) is 0.369. The molecule has 1 spiro atoms. The predicted octanol–water partition coefficient (Wildman–Crippen LogP) is -1.62. The Morgan fingerprint density at radius 1 is 1.25 bits per heavy atom. The van der Waals surface area contributed by atoms with Crippen LogP contribution in [0.4, 0.5) is 0 Å². The Balaban J connectivity index is 1.29. The number of esters is 1. The number of ether oxygens (including phenoxy) is 2. The summed E-state index contributed by atoms with van der Waals surface area (Å²) in [5, 5.41) is 10.4. The van der Waals surface area contributed by atoms with Gasteiger partial charge in [-0.25, -0.2) is 4.79 Å². The molecule has 4 fully saturated rings. The smallest absolute Gasteiger partial charge is 0.356 e. The lowest BCUT2D eigenvalue weighted by Crippen LogP contribution is -2.65. The summed E-state index contributed by atoms with van der Waals surface area (Å²) in [4.78, 5) is 11.3. The van der Waals surface area contributed by atoms with Crippen molar-refractivity contribution in [2.45, 2.75) is 42.7 Å². The third-order valence-electron chi connectivity index (χ3n) is 5.93. The Bertz CT molecular complexity index is 492. The fourth-order valence-electron chi connectivity index (χ4n) is 5.30. The monoisotopic (exact) mass is 283 g/mol. The van der Waals surface area contributed by atoms with E-state index < -0.39 is 17.4 Å². The second kappa shape index (κ2) is 3.36. The first kappa shape index (κ1) is 13.0. The highest BCUT2D eigenvalue weighted by Crippen LogP contribution is 2.89. The fraction of sp³-hybridized carbons (Fsp3) is 0.923. The van der Waals surface area contributed by atoms with E-state index in [0.717, 1.165) is 31.6 Å². The van der Waals surface area contributed by atoms with Gasteiger partial charge in [0.05, 0.1) is 17.8 Å². The van der Waals surface area contributed by atoms with Gasteiger partial charge in [0, 0.05) is 11.8 Å². The van der Waals surface area contributed by atoms with E-state index in [0.29, 0.717) is 5.92 Å². The lowest BCUT2D eigenvalue weighted by atomic mass is 9.46. The molecule has 0 saturated heterocycles. The van der Waals surface area contributed by atoms with Crippen LogP contribution in [0.15, 0.2) is 0 Å². The topological polar surface area (TPSA) is 134 Å². The van der Waals surface area contributed by atoms with E-state index in [1.807, 2.05) is 0 Å². The van der Waals surface area contributed by atoms with E-state index in [2.05, 4.69) is 0 Å². The van der Waals surface area contributed by atoms with Gasteiger partial charge in [-0.15, -0.1) is 0 Å². The molecule has 4 aliphatic carbocycles. The first-order chi connectivity index (χ1) is 9.23. The number of hydrogen-bond acceptors (Lipinski definition) is 7. The summed E-state index contributed by atoms with van der Waals surface area (Å²) >= 11 is 0. The Morgan fingerprint density at radius 3 is 2.65 bits per heavy atom.